The van der Waals surface area contributed by atoms with Gasteiger partial charge in [-0.3, -0.25) is 4.79 Å². The van der Waals surface area contributed by atoms with Crippen molar-refractivity contribution in [2.75, 3.05) is 18.6 Å². The highest BCUT2D eigenvalue weighted by Gasteiger charge is 2.09. The molecule has 1 aromatic heterocycles. The van der Waals surface area contributed by atoms with Crippen LogP contribution in [0.15, 0.2) is 47.5 Å². The maximum Gasteiger partial charge on any atom is 0.279 e. The molecule has 0 N–H and O–H groups in total. The van der Waals surface area contributed by atoms with Crippen molar-refractivity contribution in [3.05, 3.63) is 58.4 Å². The van der Waals surface area contributed by atoms with Crippen LogP contribution in [0.5, 0.6) is 5.75 Å². The number of hydrogen-bond donors (Lipinski definition) is 0. The molecule has 136 valence electrons. The largest absolute Gasteiger partial charge is 0.494 e. The summed E-state index contributed by atoms with van der Waals surface area (Å²) in [6.45, 7) is 5.45. The van der Waals surface area contributed by atoms with Gasteiger partial charge in [-0.25, -0.2) is 0 Å². The van der Waals surface area contributed by atoms with Gasteiger partial charge in [-0.05, 0) is 62.1 Å². The number of fused-ring (bicyclic) bond motifs is 1. The van der Waals surface area contributed by atoms with E-state index in [0.717, 1.165) is 33.1 Å². The molecule has 0 atom stereocenters. The standard InChI is InChI=1S/C20H22N2O2S2/c1-4-24-16-8-6-15(7-9-16)19(23)21-20-22(11-12-25-3)17-10-5-14(2)13-18(17)26-20/h5-10,13H,4,11-12H2,1-3H3. The molecule has 0 aliphatic rings. The molecular formula is C20H22N2O2S2. The normalized spacial score (nSPS) is 11.9. The van der Waals surface area contributed by atoms with Crippen LogP contribution in [0, 0.1) is 6.92 Å². The fourth-order valence-electron chi connectivity index (χ4n) is 2.68. The monoisotopic (exact) mass is 386 g/mol. The van der Waals surface area contributed by atoms with Gasteiger partial charge in [-0.15, -0.1) is 0 Å². The molecule has 1 heterocycles. The highest BCUT2D eigenvalue weighted by molar-refractivity contribution is 7.98. The van der Waals surface area contributed by atoms with E-state index in [1.807, 2.05) is 19.1 Å². The molecule has 0 aliphatic heterocycles. The minimum Gasteiger partial charge on any atom is -0.494 e. The first-order valence-corrected chi connectivity index (χ1v) is 10.7. The number of thiazole rings is 1. The summed E-state index contributed by atoms with van der Waals surface area (Å²) >= 11 is 3.35. The number of aromatic nitrogens is 1. The highest BCUT2D eigenvalue weighted by atomic mass is 32.2. The molecule has 0 saturated carbocycles. The maximum absolute atomic E-state index is 12.6. The molecule has 0 bridgehead atoms. The summed E-state index contributed by atoms with van der Waals surface area (Å²) in [6, 6.07) is 13.5. The van der Waals surface area contributed by atoms with Crippen LogP contribution >= 0.6 is 23.1 Å². The Morgan fingerprint density at radius 3 is 2.69 bits per heavy atom. The first-order chi connectivity index (χ1) is 12.6. The second-order valence-corrected chi connectivity index (χ2v) is 7.87. The first-order valence-electron chi connectivity index (χ1n) is 8.53. The Hall–Kier alpha value is -2.05. The van der Waals surface area contributed by atoms with E-state index in [9.17, 15) is 4.79 Å². The van der Waals surface area contributed by atoms with E-state index < -0.39 is 0 Å². The third-order valence-electron chi connectivity index (χ3n) is 3.97. The van der Waals surface area contributed by atoms with Crippen molar-refractivity contribution >= 4 is 39.2 Å². The van der Waals surface area contributed by atoms with Crippen LogP contribution in [0.4, 0.5) is 0 Å². The summed E-state index contributed by atoms with van der Waals surface area (Å²) in [5.74, 6) is 1.51. The molecule has 26 heavy (non-hydrogen) atoms. The molecule has 0 fully saturated rings. The third-order valence-corrected chi connectivity index (χ3v) is 5.60. The Morgan fingerprint density at radius 2 is 2.00 bits per heavy atom. The molecule has 0 unspecified atom stereocenters. The molecule has 0 radical (unpaired) electrons. The fraction of sp³-hybridized carbons (Fsp3) is 0.300. The van der Waals surface area contributed by atoms with Crippen molar-refractivity contribution in [3.8, 4) is 5.75 Å². The van der Waals surface area contributed by atoms with Gasteiger partial charge in [0.15, 0.2) is 4.80 Å². The number of carbonyl (C=O) groups excluding carboxylic acids is 1. The lowest BCUT2D eigenvalue weighted by atomic mass is 10.2. The maximum atomic E-state index is 12.6. The molecule has 0 spiro atoms. The minimum absolute atomic E-state index is 0.228. The van der Waals surface area contributed by atoms with Crippen LogP contribution in [0.2, 0.25) is 0 Å². The van der Waals surface area contributed by atoms with Crippen molar-refractivity contribution in [1.29, 1.82) is 0 Å². The van der Waals surface area contributed by atoms with Gasteiger partial charge in [-0.1, -0.05) is 17.4 Å². The third kappa shape index (κ3) is 4.19. The molecule has 1 amide bonds. The van der Waals surface area contributed by atoms with Crippen LogP contribution in [-0.2, 0) is 6.54 Å². The van der Waals surface area contributed by atoms with Gasteiger partial charge in [0.2, 0.25) is 0 Å². The highest BCUT2D eigenvalue weighted by Crippen LogP contribution is 2.20. The van der Waals surface area contributed by atoms with E-state index in [-0.39, 0.29) is 5.91 Å². The Bertz CT molecular complexity index is 972. The fourth-order valence-corrected chi connectivity index (χ4v) is 4.19. The number of carbonyl (C=O) groups is 1. The van der Waals surface area contributed by atoms with Gasteiger partial charge in [-0.2, -0.15) is 16.8 Å². The second kappa shape index (κ2) is 8.56. The summed E-state index contributed by atoms with van der Waals surface area (Å²) < 4.78 is 8.73. The summed E-state index contributed by atoms with van der Waals surface area (Å²) in [7, 11) is 0. The lowest BCUT2D eigenvalue weighted by molar-refractivity contribution is 0.0998. The molecule has 6 heteroatoms. The predicted molar refractivity (Wildman–Crippen MR) is 110 cm³/mol. The summed E-state index contributed by atoms with van der Waals surface area (Å²) in [6.07, 6.45) is 2.08. The van der Waals surface area contributed by atoms with Crippen molar-refractivity contribution in [2.24, 2.45) is 4.99 Å². The molecule has 3 rings (SSSR count). The smallest absolute Gasteiger partial charge is 0.279 e. The zero-order chi connectivity index (χ0) is 18.5. The van der Waals surface area contributed by atoms with Gasteiger partial charge in [0, 0.05) is 17.9 Å². The van der Waals surface area contributed by atoms with Crippen molar-refractivity contribution < 1.29 is 9.53 Å². The van der Waals surface area contributed by atoms with Gasteiger partial charge in [0.1, 0.15) is 5.75 Å². The van der Waals surface area contributed by atoms with Gasteiger partial charge >= 0.3 is 0 Å². The van der Waals surface area contributed by atoms with E-state index >= 15 is 0 Å². The van der Waals surface area contributed by atoms with Gasteiger partial charge in [0.05, 0.1) is 16.8 Å². The number of nitrogens with zero attached hydrogens (tertiary/aromatic N) is 2. The summed E-state index contributed by atoms with van der Waals surface area (Å²) in [5, 5.41) is 0. The topological polar surface area (TPSA) is 43.6 Å². The number of hydrogen-bond acceptors (Lipinski definition) is 4. The lowest BCUT2D eigenvalue weighted by Crippen LogP contribution is -2.18. The van der Waals surface area contributed by atoms with E-state index in [4.69, 9.17) is 4.74 Å². The van der Waals surface area contributed by atoms with Crippen LogP contribution in [0.25, 0.3) is 10.2 Å². The Balaban J connectivity index is 2.00. The minimum atomic E-state index is -0.228. The van der Waals surface area contributed by atoms with E-state index in [1.54, 1.807) is 35.2 Å². The molecule has 3 aromatic rings. The molecule has 0 saturated heterocycles. The van der Waals surface area contributed by atoms with E-state index in [0.29, 0.717) is 12.2 Å². The van der Waals surface area contributed by atoms with E-state index in [2.05, 4.69) is 40.9 Å². The molecule has 4 nitrogen and oxygen atoms in total. The van der Waals surface area contributed by atoms with Crippen molar-refractivity contribution in [3.63, 3.8) is 0 Å². The molecule has 0 aliphatic carbocycles. The van der Waals surface area contributed by atoms with Crippen LogP contribution in [0.1, 0.15) is 22.8 Å². The predicted octanol–water partition coefficient (Wildman–Crippen LogP) is 4.51. The van der Waals surface area contributed by atoms with Crippen molar-refractivity contribution in [1.82, 2.24) is 4.57 Å². The van der Waals surface area contributed by atoms with Crippen LogP contribution in [0.3, 0.4) is 0 Å². The van der Waals surface area contributed by atoms with Gasteiger partial charge in [0.25, 0.3) is 5.91 Å². The number of amides is 1. The average Bonchev–Trinajstić information content (AvgIpc) is 2.96. The average molecular weight is 387 g/mol. The summed E-state index contributed by atoms with van der Waals surface area (Å²) in [5.41, 5.74) is 2.91. The van der Waals surface area contributed by atoms with E-state index in [1.165, 1.54) is 5.56 Å². The second-order valence-electron chi connectivity index (χ2n) is 5.87. The molecular weight excluding hydrogens is 364 g/mol. The zero-order valence-electron chi connectivity index (χ0n) is 15.2. The van der Waals surface area contributed by atoms with Gasteiger partial charge < -0.3 is 9.30 Å². The quantitative estimate of drug-likeness (QED) is 0.626. The lowest BCUT2D eigenvalue weighted by Gasteiger charge is -2.04. The summed E-state index contributed by atoms with van der Waals surface area (Å²) in [4.78, 5) is 17.8. The number of thioether (sulfide) groups is 1. The number of rotatable bonds is 6. The molecule has 2 aromatic carbocycles. The first kappa shape index (κ1) is 18.7. The van der Waals surface area contributed by atoms with Crippen LogP contribution < -0.4 is 9.54 Å². The SMILES string of the molecule is CCOc1ccc(C(=O)N=c2sc3cc(C)ccc3n2CCSC)cc1. The number of ether oxygens (including phenoxy) is 1. The van der Waals surface area contributed by atoms with Crippen molar-refractivity contribution in [2.45, 2.75) is 20.4 Å². The Morgan fingerprint density at radius 1 is 1.23 bits per heavy atom. The Labute approximate surface area is 161 Å². The number of aryl methyl sites for hydroxylation is 2. The number of benzene rings is 2. The Kier molecular flexibility index (Phi) is 6.16. The zero-order valence-corrected chi connectivity index (χ0v) is 16.8. The van der Waals surface area contributed by atoms with Crippen LogP contribution in [-0.4, -0.2) is 29.1 Å².